The maximum Gasteiger partial charge on any atom is 0.322 e. The van der Waals surface area contributed by atoms with E-state index in [-0.39, 0.29) is 36.0 Å². The molecule has 2 aliphatic heterocycles. The topological polar surface area (TPSA) is 95.6 Å². The number of sulfonamides is 1. The molecule has 0 unspecified atom stereocenters. The summed E-state index contributed by atoms with van der Waals surface area (Å²) in [6, 6.07) is 2.48. The van der Waals surface area contributed by atoms with Crippen LogP contribution in [0.15, 0.2) is 16.3 Å². The number of carbonyl (C=O) groups is 2. The summed E-state index contributed by atoms with van der Waals surface area (Å²) in [6.45, 7) is 0.344. The number of hydrogen-bond acceptors (Lipinski definition) is 5. The number of nitrogens with one attached hydrogen (secondary N) is 2. The van der Waals surface area contributed by atoms with E-state index in [0.717, 1.165) is 11.3 Å². The SMILES string of the molecule is O=C1NC(=O)C2(CCN(S(=O)(=O)c3ccc(Cl)s3)CC2)N1. The van der Waals surface area contributed by atoms with Gasteiger partial charge in [0.05, 0.1) is 4.34 Å². The Labute approximate surface area is 130 Å². The molecule has 0 bridgehead atoms. The van der Waals surface area contributed by atoms with Crippen LogP contribution < -0.4 is 10.6 Å². The van der Waals surface area contributed by atoms with Gasteiger partial charge in [-0.15, -0.1) is 11.3 Å². The molecule has 7 nitrogen and oxygen atoms in total. The van der Waals surface area contributed by atoms with Crippen LogP contribution in [-0.4, -0.2) is 43.3 Å². The minimum absolute atomic E-state index is 0.172. The van der Waals surface area contributed by atoms with E-state index in [1.165, 1.54) is 16.4 Å². The van der Waals surface area contributed by atoms with Crippen LogP contribution in [0.4, 0.5) is 4.79 Å². The smallest absolute Gasteiger partial charge is 0.322 e. The van der Waals surface area contributed by atoms with Crippen LogP contribution in [0.25, 0.3) is 0 Å². The van der Waals surface area contributed by atoms with Crippen LogP contribution in [0.1, 0.15) is 12.8 Å². The van der Waals surface area contributed by atoms with Crippen molar-refractivity contribution in [1.82, 2.24) is 14.9 Å². The molecule has 1 aromatic rings. The van der Waals surface area contributed by atoms with E-state index >= 15 is 0 Å². The van der Waals surface area contributed by atoms with Crippen molar-refractivity contribution in [3.05, 3.63) is 16.5 Å². The summed E-state index contributed by atoms with van der Waals surface area (Å²) in [5, 5.41) is 4.79. The predicted molar refractivity (Wildman–Crippen MR) is 76.7 cm³/mol. The molecule has 1 spiro atoms. The number of carbonyl (C=O) groups excluding carboxylic acids is 2. The summed E-state index contributed by atoms with van der Waals surface area (Å²) >= 11 is 6.77. The third kappa shape index (κ3) is 2.44. The molecular weight excluding hydrogens is 338 g/mol. The fourth-order valence-electron chi connectivity index (χ4n) is 2.55. The minimum atomic E-state index is -3.60. The maximum absolute atomic E-state index is 12.4. The minimum Gasteiger partial charge on any atom is -0.323 e. The Kier molecular flexibility index (Phi) is 3.47. The van der Waals surface area contributed by atoms with Gasteiger partial charge < -0.3 is 5.32 Å². The Hall–Kier alpha value is -1.16. The molecule has 3 amide bonds. The summed E-state index contributed by atoms with van der Waals surface area (Å²) in [6.07, 6.45) is 0.506. The lowest BCUT2D eigenvalue weighted by Gasteiger charge is -2.35. The Bertz CT molecular complexity index is 707. The van der Waals surface area contributed by atoms with E-state index in [1.807, 2.05) is 0 Å². The van der Waals surface area contributed by atoms with Crippen molar-refractivity contribution in [2.45, 2.75) is 22.6 Å². The molecule has 21 heavy (non-hydrogen) atoms. The number of amides is 3. The molecular formula is C11H12ClN3O4S2. The van der Waals surface area contributed by atoms with Crippen molar-refractivity contribution in [3.63, 3.8) is 0 Å². The van der Waals surface area contributed by atoms with Gasteiger partial charge in [0.15, 0.2) is 0 Å². The van der Waals surface area contributed by atoms with Gasteiger partial charge in [0.2, 0.25) is 0 Å². The van der Waals surface area contributed by atoms with Crippen LogP contribution in [0.3, 0.4) is 0 Å². The largest absolute Gasteiger partial charge is 0.323 e. The van der Waals surface area contributed by atoms with E-state index in [0.29, 0.717) is 4.34 Å². The van der Waals surface area contributed by atoms with E-state index < -0.39 is 21.6 Å². The molecule has 3 rings (SSSR count). The second-order valence-corrected chi connectivity index (χ2v) is 8.83. The van der Waals surface area contributed by atoms with E-state index in [9.17, 15) is 18.0 Å². The fourth-order valence-corrected chi connectivity index (χ4v) is 5.63. The summed E-state index contributed by atoms with van der Waals surface area (Å²) in [4.78, 5) is 23.1. The van der Waals surface area contributed by atoms with Gasteiger partial charge in [0.25, 0.3) is 15.9 Å². The number of piperidine rings is 1. The highest BCUT2D eigenvalue weighted by Gasteiger charge is 2.49. The summed E-state index contributed by atoms with van der Waals surface area (Å²) in [5.74, 6) is -0.385. The van der Waals surface area contributed by atoms with Crippen molar-refractivity contribution in [3.8, 4) is 0 Å². The lowest BCUT2D eigenvalue weighted by atomic mass is 9.89. The Balaban J connectivity index is 1.77. The quantitative estimate of drug-likeness (QED) is 0.771. The summed E-state index contributed by atoms with van der Waals surface area (Å²) in [5.41, 5.74) is -0.976. The van der Waals surface area contributed by atoms with Gasteiger partial charge in [-0.05, 0) is 25.0 Å². The van der Waals surface area contributed by atoms with E-state index in [4.69, 9.17) is 11.6 Å². The molecule has 0 aromatic carbocycles. The van der Waals surface area contributed by atoms with Crippen LogP contribution in [0, 0.1) is 0 Å². The number of halogens is 1. The molecule has 3 heterocycles. The zero-order valence-corrected chi connectivity index (χ0v) is 13.1. The second-order valence-electron chi connectivity index (χ2n) is 4.95. The number of nitrogens with zero attached hydrogens (tertiary/aromatic N) is 1. The third-order valence-electron chi connectivity index (χ3n) is 3.73. The first-order valence-electron chi connectivity index (χ1n) is 6.23. The highest BCUT2D eigenvalue weighted by molar-refractivity contribution is 7.91. The molecule has 2 aliphatic rings. The average molecular weight is 350 g/mol. The lowest BCUT2D eigenvalue weighted by Crippen LogP contribution is -2.55. The van der Waals surface area contributed by atoms with Gasteiger partial charge in [-0.3, -0.25) is 10.1 Å². The molecule has 2 saturated heterocycles. The Morgan fingerprint density at radius 1 is 1.24 bits per heavy atom. The Morgan fingerprint density at radius 2 is 1.90 bits per heavy atom. The number of hydrogen-bond donors (Lipinski definition) is 2. The van der Waals surface area contributed by atoms with Crippen molar-refractivity contribution in [2.75, 3.05) is 13.1 Å². The van der Waals surface area contributed by atoms with Gasteiger partial charge in [0, 0.05) is 13.1 Å². The van der Waals surface area contributed by atoms with Crippen molar-refractivity contribution < 1.29 is 18.0 Å². The molecule has 2 N–H and O–H groups in total. The van der Waals surface area contributed by atoms with Crippen LogP contribution in [0.2, 0.25) is 4.34 Å². The lowest BCUT2D eigenvalue weighted by molar-refractivity contribution is -0.125. The molecule has 1 aromatic heterocycles. The predicted octanol–water partition coefficient (Wildman–Crippen LogP) is 0.764. The number of rotatable bonds is 2. The van der Waals surface area contributed by atoms with Gasteiger partial charge >= 0.3 is 6.03 Å². The third-order valence-corrected chi connectivity index (χ3v) is 7.33. The van der Waals surface area contributed by atoms with Crippen LogP contribution in [-0.2, 0) is 14.8 Å². The van der Waals surface area contributed by atoms with Crippen molar-refractivity contribution in [1.29, 1.82) is 0 Å². The first kappa shape index (κ1) is 14.8. The van der Waals surface area contributed by atoms with Gasteiger partial charge in [-0.25, -0.2) is 13.2 Å². The highest BCUT2D eigenvalue weighted by Crippen LogP contribution is 2.32. The molecule has 10 heteroatoms. The zero-order valence-electron chi connectivity index (χ0n) is 10.8. The van der Waals surface area contributed by atoms with E-state index in [1.54, 1.807) is 0 Å². The molecule has 0 saturated carbocycles. The monoisotopic (exact) mass is 349 g/mol. The first-order valence-corrected chi connectivity index (χ1v) is 8.86. The molecule has 0 atom stereocenters. The standard InChI is InChI=1S/C11H12ClN3O4S2/c12-7-1-2-8(20-7)21(18,19)15-5-3-11(4-6-15)9(16)13-10(17)14-11/h1-2H,3-6H2,(H2,13,14,16,17). The van der Waals surface area contributed by atoms with Crippen LogP contribution >= 0.6 is 22.9 Å². The van der Waals surface area contributed by atoms with Gasteiger partial charge in [-0.1, -0.05) is 11.6 Å². The molecule has 0 radical (unpaired) electrons. The molecule has 114 valence electrons. The zero-order chi connectivity index (χ0) is 15.3. The van der Waals surface area contributed by atoms with Crippen LogP contribution in [0.5, 0.6) is 0 Å². The van der Waals surface area contributed by atoms with Gasteiger partial charge in [-0.2, -0.15) is 4.31 Å². The van der Waals surface area contributed by atoms with E-state index in [2.05, 4.69) is 10.6 Å². The number of imide groups is 1. The summed E-state index contributed by atoms with van der Waals surface area (Å²) in [7, 11) is -3.60. The normalized spacial score (nSPS) is 22.3. The first-order chi connectivity index (χ1) is 9.83. The van der Waals surface area contributed by atoms with Crippen molar-refractivity contribution >= 4 is 44.9 Å². The molecule has 0 aliphatic carbocycles. The molecule has 2 fully saturated rings. The van der Waals surface area contributed by atoms with Gasteiger partial charge in [0.1, 0.15) is 9.75 Å². The maximum atomic E-state index is 12.4. The number of urea groups is 1. The fraction of sp³-hybridized carbons (Fsp3) is 0.455. The average Bonchev–Trinajstić information content (AvgIpc) is 2.96. The highest BCUT2D eigenvalue weighted by atomic mass is 35.5. The number of thiophene rings is 1. The summed E-state index contributed by atoms with van der Waals surface area (Å²) < 4.78 is 26.8. The Morgan fingerprint density at radius 3 is 2.38 bits per heavy atom. The van der Waals surface area contributed by atoms with Crippen molar-refractivity contribution in [2.24, 2.45) is 0 Å². The second kappa shape index (κ2) is 4.94.